The van der Waals surface area contributed by atoms with Crippen molar-refractivity contribution in [2.75, 3.05) is 20.8 Å². The Bertz CT molecular complexity index is 774. The fourth-order valence-corrected chi connectivity index (χ4v) is 3.68. The second kappa shape index (κ2) is 8.44. The fraction of sp³-hybridized carbons (Fsp3) is 0.409. The second-order valence-corrected chi connectivity index (χ2v) is 7.11. The standard InChI is InChI=1S/C22H27NO4/c1-25-19-4-3-5-20(14-19)27-13-11-16-6-8-17(9-7-16)18-10-12-22(23,15-18)21(24)26-2/h3-9,14,18H,10-13,15,23H2,1-2H3. The zero-order valence-corrected chi connectivity index (χ0v) is 15.9. The van der Waals surface area contributed by atoms with E-state index in [-0.39, 0.29) is 5.97 Å². The van der Waals surface area contributed by atoms with Crippen LogP contribution in [-0.2, 0) is 16.0 Å². The highest BCUT2D eigenvalue weighted by Gasteiger charge is 2.43. The molecule has 0 aliphatic heterocycles. The molecular weight excluding hydrogens is 342 g/mol. The Kier molecular flexibility index (Phi) is 6.01. The minimum atomic E-state index is -0.845. The molecule has 2 atom stereocenters. The van der Waals surface area contributed by atoms with E-state index in [4.69, 9.17) is 19.9 Å². The predicted octanol–water partition coefficient (Wildman–Crippen LogP) is 3.45. The van der Waals surface area contributed by atoms with Gasteiger partial charge in [0.25, 0.3) is 0 Å². The van der Waals surface area contributed by atoms with E-state index in [9.17, 15) is 4.79 Å². The van der Waals surface area contributed by atoms with Gasteiger partial charge in [-0.05, 0) is 48.4 Å². The first kappa shape index (κ1) is 19.2. The quantitative estimate of drug-likeness (QED) is 0.757. The number of ether oxygens (including phenoxy) is 3. The van der Waals surface area contributed by atoms with Gasteiger partial charge in [0.05, 0.1) is 20.8 Å². The van der Waals surface area contributed by atoms with Crippen LogP contribution in [0, 0.1) is 0 Å². The molecule has 1 aliphatic rings. The van der Waals surface area contributed by atoms with Gasteiger partial charge in [-0.2, -0.15) is 0 Å². The third kappa shape index (κ3) is 4.61. The Hall–Kier alpha value is -2.53. The van der Waals surface area contributed by atoms with Gasteiger partial charge in [0.1, 0.15) is 17.0 Å². The van der Waals surface area contributed by atoms with Crippen molar-refractivity contribution in [3.63, 3.8) is 0 Å². The highest BCUT2D eigenvalue weighted by Crippen LogP contribution is 2.40. The van der Waals surface area contributed by atoms with E-state index in [0.29, 0.717) is 25.4 Å². The van der Waals surface area contributed by atoms with Gasteiger partial charge >= 0.3 is 5.97 Å². The first-order chi connectivity index (χ1) is 13.0. The van der Waals surface area contributed by atoms with Gasteiger partial charge in [0, 0.05) is 12.5 Å². The van der Waals surface area contributed by atoms with Crippen LogP contribution in [0.4, 0.5) is 0 Å². The van der Waals surface area contributed by atoms with Crippen molar-refractivity contribution >= 4 is 5.97 Å². The van der Waals surface area contributed by atoms with Crippen molar-refractivity contribution in [3.8, 4) is 11.5 Å². The van der Waals surface area contributed by atoms with Crippen LogP contribution >= 0.6 is 0 Å². The van der Waals surface area contributed by atoms with Crippen LogP contribution in [0.3, 0.4) is 0 Å². The summed E-state index contributed by atoms with van der Waals surface area (Å²) in [5.41, 5.74) is 7.81. The normalized spacial score (nSPS) is 21.7. The summed E-state index contributed by atoms with van der Waals surface area (Å²) < 4.78 is 15.9. The first-order valence-corrected chi connectivity index (χ1v) is 9.27. The summed E-state index contributed by atoms with van der Waals surface area (Å²) >= 11 is 0. The highest BCUT2D eigenvalue weighted by atomic mass is 16.5. The molecule has 0 saturated heterocycles. The predicted molar refractivity (Wildman–Crippen MR) is 104 cm³/mol. The van der Waals surface area contributed by atoms with Gasteiger partial charge < -0.3 is 19.9 Å². The smallest absolute Gasteiger partial charge is 0.325 e. The number of carbonyl (C=O) groups excluding carboxylic acids is 1. The van der Waals surface area contributed by atoms with E-state index in [1.54, 1.807) is 7.11 Å². The second-order valence-electron chi connectivity index (χ2n) is 7.11. The summed E-state index contributed by atoms with van der Waals surface area (Å²) in [6.45, 7) is 0.601. The van der Waals surface area contributed by atoms with E-state index in [2.05, 4.69) is 24.3 Å². The monoisotopic (exact) mass is 369 g/mol. The Morgan fingerprint density at radius 3 is 2.59 bits per heavy atom. The number of esters is 1. The average Bonchev–Trinajstić information content (AvgIpc) is 3.11. The molecule has 0 spiro atoms. The van der Waals surface area contributed by atoms with Crippen LogP contribution in [0.2, 0.25) is 0 Å². The lowest BCUT2D eigenvalue weighted by Crippen LogP contribution is -2.46. The van der Waals surface area contributed by atoms with Crippen molar-refractivity contribution < 1.29 is 19.0 Å². The molecule has 2 N–H and O–H groups in total. The van der Waals surface area contributed by atoms with Crippen molar-refractivity contribution in [1.82, 2.24) is 0 Å². The van der Waals surface area contributed by atoms with E-state index >= 15 is 0 Å². The van der Waals surface area contributed by atoms with Crippen LogP contribution in [0.25, 0.3) is 0 Å². The Labute approximate surface area is 160 Å². The number of methoxy groups -OCH3 is 2. The minimum absolute atomic E-state index is 0.302. The zero-order valence-electron chi connectivity index (χ0n) is 15.9. The molecule has 1 fully saturated rings. The zero-order chi connectivity index (χ0) is 19.3. The van der Waals surface area contributed by atoms with Gasteiger partial charge in [0.2, 0.25) is 0 Å². The van der Waals surface area contributed by atoms with Gasteiger partial charge in [-0.25, -0.2) is 0 Å². The lowest BCUT2D eigenvalue weighted by Gasteiger charge is -2.20. The van der Waals surface area contributed by atoms with Crippen molar-refractivity contribution in [2.45, 2.75) is 37.1 Å². The first-order valence-electron chi connectivity index (χ1n) is 9.27. The average molecular weight is 369 g/mol. The van der Waals surface area contributed by atoms with Crippen molar-refractivity contribution in [1.29, 1.82) is 0 Å². The highest BCUT2D eigenvalue weighted by molar-refractivity contribution is 5.81. The Morgan fingerprint density at radius 2 is 1.89 bits per heavy atom. The largest absolute Gasteiger partial charge is 0.497 e. The Balaban J connectivity index is 1.52. The van der Waals surface area contributed by atoms with E-state index in [1.807, 2.05) is 24.3 Å². The molecule has 0 aromatic heterocycles. The number of nitrogens with two attached hydrogens (primary N) is 1. The number of hydrogen-bond donors (Lipinski definition) is 1. The van der Waals surface area contributed by atoms with Gasteiger partial charge in [-0.3, -0.25) is 4.79 Å². The van der Waals surface area contributed by atoms with Crippen molar-refractivity contribution in [3.05, 3.63) is 59.7 Å². The van der Waals surface area contributed by atoms with Gasteiger partial charge in [-0.15, -0.1) is 0 Å². The van der Waals surface area contributed by atoms with Crippen LogP contribution in [-0.4, -0.2) is 32.3 Å². The molecule has 1 saturated carbocycles. The lowest BCUT2D eigenvalue weighted by molar-refractivity contribution is -0.146. The molecule has 0 heterocycles. The van der Waals surface area contributed by atoms with Crippen LogP contribution < -0.4 is 15.2 Å². The topological polar surface area (TPSA) is 70.8 Å². The summed E-state index contributed by atoms with van der Waals surface area (Å²) in [7, 11) is 3.04. The third-order valence-corrected chi connectivity index (χ3v) is 5.29. The summed E-state index contributed by atoms with van der Waals surface area (Å²) in [6, 6.07) is 16.1. The molecule has 144 valence electrons. The number of hydrogen-bond acceptors (Lipinski definition) is 5. The van der Waals surface area contributed by atoms with E-state index in [0.717, 1.165) is 24.3 Å². The summed E-state index contributed by atoms with van der Waals surface area (Å²) in [6.07, 6.45) is 3.04. The molecule has 5 nitrogen and oxygen atoms in total. The molecule has 3 rings (SSSR count). The molecule has 1 aliphatic carbocycles. The molecule has 2 aromatic rings. The summed E-state index contributed by atoms with van der Waals surface area (Å²) in [5.74, 6) is 1.59. The molecular formula is C22H27NO4. The number of benzene rings is 2. The van der Waals surface area contributed by atoms with Crippen LogP contribution in [0.5, 0.6) is 11.5 Å². The SMILES string of the molecule is COC(=O)C1(N)CCC(c2ccc(CCOc3cccc(OC)c3)cc2)C1. The Morgan fingerprint density at radius 1 is 1.15 bits per heavy atom. The number of carbonyl (C=O) groups is 1. The summed E-state index contributed by atoms with van der Waals surface area (Å²) in [4.78, 5) is 11.9. The molecule has 2 unspecified atom stereocenters. The molecule has 0 amide bonds. The van der Waals surface area contributed by atoms with Gasteiger partial charge in [-0.1, -0.05) is 30.3 Å². The third-order valence-electron chi connectivity index (χ3n) is 5.29. The summed E-state index contributed by atoms with van der Waals surface area (Å²) in [5, 5.41) is 0. The van der Waals surface area contributed by atoms with E-state index < -0.39 is 5.54 Å². The van der Waals surface area contributed by atoms with Crippen LogP contribution in [0.15, 0.2) is 48.5 Å². The molecule has 0 bridgehead atoms. The lowest BCUT2D eigenvalue weighted by atomic mass is 9.92. The molecule has 5 heteroatoms. The number of rotatable bonds is 7. The molecule has 2 aromatic carbocycles. The van der Waals surface area contributed by atoms with Crippen LogP contribution in [0.1, 0.15) is 36.3 Å². The van der Waals surface area contributed by atoms with E-state index in [1.165, 1.54) is 18.2 Å². The maximum atomic E-state index is 11.9. The maximum absolute atomic E-state index is 11.9. The minimum Gasteiger partial charge on any atom is -0.497 e. The van der Waals surface area contributed by atoms with Gasteiger partial charge in [0.15, 0.2) is 0 Å². The fourth-order valence-electron chi connectivity index (χ4n) is 3.68. The molecule has 0 radical (unpaired) electrons. The maximum Gasteiger partial charge on any atom is 0.325 e. The van der Waals surface area contributed by atoms with Crippen molar-refractivity contribution in [2.24, 2.45) is 5.73 Å². The molecule has 27 heavy (non-hydrogen) atoms.